The molecular formula is C19H16ClN7O2. The molecule has 4 rings (SSSR count). The van der Waals surface area contributed by atoms with Crippen molar-refractivity contribution in [3.8, 4) is 22.8 Å². The van der Waals surface area contributed by atoms with Gasteiger partial charge in [-0.3, -0.25) is 15.2 Å². The largest absolute Gasteiger partial charge is 0.496 e. The van der Waals surface area contributed by atoms with E-state index in [2.05, 4.69) is 30.6 Å². The number of carbonyl (C=O) groups is 1. The number of hydrogen-bond donors (Lipinski definition) is 2. The third-order valence-corrected chi connectivity index (χ3v) is 4.37. The summed E-state index contributed by atoms with van der Waals surface area (Å²) in [6.07, 6.45) is 0. The molecular weight excluding hydrogens is 394 g/mol. The second-order valence-electron chi connectivity index (χ2n) is 6.03. The van der Waals surface area contributed by atoms with Crippen LogP contribution in [-0.4, -0.2) is 43.0 Å². The average Bonchev–Trinajstić information content (AvgIpc) is 3.35. The highest BCUT2D eigenvalue weighted by Crippen LogP contribution is 2.27. The van der Waals surface area contributed by atoms with Crippen molar-refractivity contribution in [2.45, 2.75) is 6.92 Å². The van der Waals surface area contributed by atoms with Crippen molar-refractivity contribution in [2.24, 2.45) is 0 Å². The number of ether oxygens (including phenoxy) is 1. The molecule has 2 aromatic heterocycles. The number of carbonyl (C=O) groups excluding carboxylic acids is 1. The van der Waals surface area contributed by atoms with E-state index in [1.54, 1.807) is 43.0 Å². The predicted octanol–water partition coefficient (Wildman–Crippen LogP) is 3.28. The molecule has 0 saturated carbocycles. The summed E-state index contributed by atoms with van der Waals surface area (Å²) in [5.74, 6) is 1.25. The Kier molecular flexibility index (Phi) is 4.96. The van der Waals surface area contributed by atoms with Crippen LogP contribution in [0.3, 0.4) is 0 Å². The lowest BCUT2D eigenvalue weighted by atomic mass is 10.2. The van der Waals surface area contributed by atoms with Gasteiger partial charge in [-0.25, -0.2) is 9.67 Å². The molecule has 4 aromatic rings. The number of nitrogens with one attached hydrogen (secondary N) is 2. The van der Waals surface area contributed by atoms with Crippen molar-refractivity contribution in [3.05, 3.63) is 65.2 Å². The van der Waals surface area contributed by atoms with Crippen molar-refractivity contribution >= 4 is 23.5 Å². The van der Waals surface area contributed by atoms with Gasteiger partial charge in [0, 0.05) is 5.02 Å². The van der Waals surface area contributed by atoms with Gasteiger partial charge in [0.2, 0.25) is 11.8 Å². The summed E-state index contributed by atoms with van der Waals surface area (Å²) in [5, 5.41) is 14.3. The SMILES string of the molecule is COc1ccccc1-c1nc(NC(=O)c2nc(C)n(-c3ccc(Cl)cc3)n2)n[nH]1. The summed E-state index contributed by atoms with van der Waals surface area (Å²) < 4.78 is 6.88. The molecule has 0 spiro atoms. The molecule has 0 unspecified atom stereocenters. The third-order valence-electron chi connectivity index (χ3n) is 4.12. The van der Waals surface area contributed by atoms with Crippen LogP contribution in [0.15, 0.2) is 48.5 Å². The number of H-pyrrole nitrogens is 1. The van der Waals surface area contributed by atoms with Gasteiger partial charge in [-0.15, -0.1) is 10.2 Å². The van der Waals surface area contributed by atoms with Crippen LogP contribution in [0.1, 0.15) is 16.4 Å². The maximum absolute atomic E-state index is 12.5. The van der Waals surface area contributed by atoms with Gasteiger partial charge in [-0.1, -0.05) is 23.7 Å². The second-order valence-corrected chi connectivity index (χ2v) is 6.47. The number of halogens is 1. The Morgan fingerprint density at radius 1 is 1.14 bits per heavy atom. The standard InChI is InChI=1S/C19H16ClN7O2/c1-11-21-17(26-27(11)13-9-7-12(20)8-10-13)18(28)23-19-22-16(24-25-19)14-5-3-4-6-15(14)29-2/h3-10H,1-2H3,(H2,22,23,24,25,28). The first-order chi connectivity index (χ1) is 14.0. The van der Waals surface area contributed by atoms with E-state index in [1.165, 1.54) is 0 Å². The van der Waals surface area contributed by atoms with E-state index in [0.29, 0.717) is 22.4 Å². The Balaban J connectivity index is 1.54. The normalized spacial score (nSPS) is 10.7. The number of aryl methyl sites for hydroxylation is 1. The maximum Gasteiger partial charge on any atom is 0.297 e. The molecule has 10 heteroatoms. The molecule has 0 radical (unpaired) electrons. The van der Waals surface area contributed by atoms with E-state index in [9.17, 15) is 4.79 Å². The van der Waals surface area contributed by atoms with Gasteiger partial charge in [-0.05, 0) is 43.3 Å². The zero-order chi connectivity index (χ0) is 20.4. The maximum atomic E-state index is 12.5. The van der Waals surface area contributed by atoms with Gasteiger partial charge in [0.25, 0.3) is 5.91 Å². The van der Waals surface area contributed by atoms with Crippen molar-refractivity contribution in [1.82, 2.24) is 29.9 Å². The number of anilines is 1. The van der Waals surface area contributed by atoms with Gasteiger partial charge in [0.15, 0.2) is 5.82 Å². The van der Waals surface area contributed by atoms with Crippen LogP contribution in [0.25, 0.3) is 17.1 Å². The van der Waals surface area contributed by atoms with E-state index in [0.717, 1.165) is 11.3 Å². The smallest absolute Gasteiger partial charge is 0.297 e. The number of amides is 1. The van der Waals surface area contributed by atoms with Crippen molar-refractivity contribution < 1.29 is 9.53 Å². The minimum absolute atomic E-state index is 0.00101. The third kappa shape index (κ3) is 3.81. The number of aromatic nitrogens is 6. The van der Waals surface area contributed by atoms with Crippen LogP contribution in [0, 0.1) is 6.92 Å². The summed E-state index contributed by atoms with van der Waals surface area (Å²) >= 11 is 5.92. The molecule has 146 valence electrons. The molecule has 2 N–H and O–H groups in total. The minimum Gasteiger partial charge on any atom is -0.496 e. The van der Waals surface area contributed by atoms with E-state index in [-0.39, 0.29) is 11.8 Å². The molecule has 29 heavy (non-hydrogen) atoms. The highest BCUT2D eigenvalue weighted by atomic mass is 35.5. The Hall–Kier alpha value is -3.72. The summed E-state index contributed by atoms with van der Waals surface area (Å²) in [7, 11) is 1.57. The second kappa shape index (κ2) is 7.72. The van der Waals surface area contributed by atoms with E-state index in [1.807, 2.05) is 24.3 Å². The molecule has 0 aliphatic carbocycles. The molecule has 0 fully saturated rings. The van der Waals surface area contributed by atoms with Crippen LogP contribution in [0.4, 0.5) is 5.95 Å². The molecule has 0 aliphatic rings. The van der Waals surface area contributed by atoms with Gasteiger partial charge >= 0.3 is 0 Å². The first kappa shape index (κ1) is 18.6. The van der Waals surface area contributed by atoms with Gasteiger partial charge < -0.3 is 4.74 Å². The van der Waals surface area contributed by atoms with Crippen LogP contribution in [0.5, 0.6) is 5.75 Å². The summed E-state index contributed by atoms with van der Waals surface area (Å²) in [5.41, 5.74) is 1.47. The minimum atomic E-state index is -0.522. The van der Waals surface area contributed by atoms with E-state index in [4.69, 9.17) is 16.3 Å². The first-order valence-electron chi connectivity index (χ1n) is 8.62. The van der Waals surface area contributed by atoms with Gasteiger partial charge in [-0.2, -0.15) is 4.98 Å². The molecule has 0 aliphatic heterocycles. The van der Waals surface area contributed by atoms with Crippen molar-refractivity contribution in [1.29, 1.82) is 0 Å². The number of aromatic amines is 1. The summed E-state index contributed by atoms with van der Waals surface area (Å²) in [6, 6.07) is 14.4. The van der Waals surface area contributed by atoms with Crippen molar-refractivity contribution in [3.63, 3.8) is 0 Å². The quantitative estimate of drug-likeness (QED) is 0.523. The molecule has 0 bridgehead atoms. The van der Waals surface area contributed by atoms with E-state index >= 15 is 0 Å². The Morgan fingerprint density at radius 3 is 2.66 bits per heavy atom. The van der Waals surface area contributed by atoms with Crippen LogP contribution in [-0.2, 0) is 0 Å². The lowest BCUT2D eigenvalue weighted by Gasteiger charge is -2.04. The predicted molar refractivity (Wildman–Crippen MR) is 107 cm³/mol. The Bertz CT molecular complexity index is 1170. The number of rotatable bonds is 5. The number of benzene rings is 2. The number of methoxy groups -OCH3 is 1. The topological polar surface area (TPSA) is 111 Å². The first-order valence-corrected chi connectivity index (χ1v) is 8.99. The van der Waals surface area contributed by atoms with Gasteiger partial charge in [0.1, 0.15) is 11.6 Å². The molecule has 1 amide bonds. The van der Waals surface area contributed by atoms with E-state index < -0.39 is 5.91 Å². The van der Waals surface area contributed by atoms with Crippen LogP contribution < -0.4 is 10.1 Å². The number of hydrogen-bond acceptors (Lipinski definition) is 6. The fourth-order valence-electron chi connectivity index (χ4n) is 2.75. The number of para-hydroxylation sites is 1. The van der Waals surface area contributed by atoms with Gasteiger partial charge in [0.05, 0.1) is 18.4 Å². The Labute approximate surface area is 170 Å². The van der Waals surface area contributed by atoms with Crippen LogP contribution >= 0.6 is 11.6 Å². The summed E-state index contributed by atoms with van der Waals surface area (Å²) in [6.45, 7) is 1.75. The highest BCUT2D eigenvalue weighted by Gasteiger charge is 2.18. The molecule has 9 nitrogen and oxygen atoms in total. The summed E-state index contributed by atoms with van der Waals surface area (Å²) in [4.78, 5) is 21.1. The fraction of sp³-hybridized carbons (Fsp3) is 0.105. The molecule has 0 atom stereocenters. The number of nitrogens with zero attached hydrogens (tertiary/aromatic N) is 5. The van der Waals surface area contributed by atoms with Crippen LogP contribution in [0.2, 0.25) is 5.02 Å². The van der Waals surface area contributed by atoms with Crippen molar-refractivity contribution in [2.75, 3.05) is 12.4 Å². The average molecular weight is 410 g/mol. The zero-order valence-corrected chi connectivity index (χ0v) is 16.3. The highest BCUT2D eigenvalue weighted by molar-refractivity contribution is 6.30. The lowest BCUT2D eigenvalue weighted by Crippen LogP contribution is -2.15. The molecule has 0 saturated heterocycles. The molecule has 2 aromatic carbocycles. The fourth-order valence-corrected chi connectivity index (χ4v) is 2.87. The molecule has 2 heterocycles. The zero-order valence-electron chi connectivity index (χ0n) is 15.5. The Morgan fingerprint density at radius 2 is 1.90 bits per heavy atom. The lowest BCUT2D eigenvalue weighted by molar-refractivity contribution is 0.101. The monoisotopic (exact) mass is 409 g/mol.